The number of furan rings is 1. The SMILES string of the molecule is CCOC(=O)c1c(-c2cc3ccc(OC)cc3o2)c(C=O)n2ccccc12. The molecule has 0 spiro atoms. The van der Waals surface area contributed by atoms with Crippen molar-refractivity contribution in [1.82, 2.24) is 4.40 Å². The lowest BCUT2D eigenvalue weighted by molar-refractivity contribution is 0.0529. The van der Waals surface area contributed by atoms with Crippen molar-refractivity contribution < 1.29 is 23.5 Å². The van der Waals surface area contributed by atoms with E-state index in [9.17, 15) is 9.59 Å². The Hall–Kier alpha value is -3.54. The number of benzene rings is 1. The smallest absolute Gasteiger partial charge is 0.341 e. The third-order valence-electron chi connectivity index (χ3n) is 4.45. The quantitative estimate of drug-likeness (QED) is 0.389. The molecule has 3 aromatic heterocycles. The molecule has 0 unspecified atom stereocenters. The summed E-state index contributed by atoms with van der Waals surface area (Å²) in [4.78, 5) is 24.6. The zero-order chi connectivity index (χ0) is 19.0. The topological polar surface area (TPSA) is 70.2 Å². The molecule has 4 rings (SSSR count). The molecular weight excluding hydrogens is 346 g/mol. The first kappa shape index (κ1) is 16.9. The Morgan fingerprint density at radius 3 is 2.81 bits per heavy atom. The highest BCUT2D eigenvalue weighted by Crippen LogP contribution is 2.37. The summed E-state index contributed by atoms with van der Waals surface area (Å²) in [5.41, 5.74) is 2.26. The molecule has 136 valence electrons. The number of hydrogen-bond donors (Lipinski definition) is 0. The number of carbonyl (C=O) groups excluding carboxylic acids is 2. The number of pyridine rings is 1. The van der Waals surface area contributed by atoms with Crippen molar-refractivity contribution in [2.75, 3.05) is 13.7 Å². The molecule has 0 amide bonds. The molecule has 0 aliphatic heterocycles. The highest BCUT2D eigenvalue weighted by molar-refractivity contribution is 6.09. The van der Waals surface area contributed by atoms with Gasteiger partial charge in [0, 0.05) is 17.6 Å². The molecule has 0 bridgehead atoms. The predicted molar refractivity (Wildman–Crippen MR) is 101 cm³/mol. The summed E-state index contributed by atoms with van der Waals surface area (Å²) < 4.78 is 18.1. The number of nitrogens with zero attached hydrogens (tertiary/aromatic N) is 1. The van der Waals surface area contributed by atoms with Crippen molar-refractivity contribution in [2.45, 2.75) is 6.92 Å². The number of carbonyl (C=O) groups is 2. The Morgan fingerprint density at radius 1 is 1.22 bits per heavy atom. The van der Waals surface area contributed by atoms with Crippen LogP contribution in [0.2, 0.25) is 0 Å². The van der Waals surface area contributed by atoms with Gasteiger partial charge in [-0.3, -0.25) is 4.79 Å². The number of esters is 1. The standard InChI is InChI=1S/C21H17NO5/c1-3-26-21(24)20-15-6-4-5-9-22(15)16(12-23)19(20)18-10-13-7-8-14(25-2)11-17(13)27-18/h4-12H,3H2,1-2H3. The Kier molecular flexibility index (Phi) is 4.16. The largest absolute Gasteiger partial charge is 0.497 e. The predicted octanol–water partition coefficient (Wildman–Crippen LogP) is 4.35. The van der Waals surface area contributed by atoms with Gasteiger partial charge in [-0.25, -0.2) is 4.79 Å². The van der Waals surface area contributed by atoms with E-state index in [0.717, 1.165) is 11.7 Å². The van der Waals surface area contributed by atoms with E-state index in [-0.39, 0.29) is 6.61 Å². The third-order valence-corrected chi connectivity index (χ3v) is 4.45. The molecule has 4 aromatic rings. The van der Waals surface area contributed by atoms with E-state index in [4.69, 9.17) is 13.9 Å². The lowest BCUT2D eigenvalue weighted by atomic mass is 10.1. The van der Waals surface area contributed by atoms with Crippen molar-refractivity contribution in [3.05, 3.63) is 59.9 Å². The molecule has 1 aromatic carbocycles. The Labute approximate surface area is 154 Å². The van der Waals surface area contributed by atoms with Crippen LogP contribution in [0.15, 0.2) is 53.1 Å². The van der Waals surface area contributed by atoms with Crippen molar-refractivity contribution in [3.8, 4) is 17.1 Å². The average molecular weight is 363 g/mol. The number of aromatic nitrogens is 1. The van der Waals surface area contributed by atoms with Gasteiger partial charge in [-0.15, -0.1) is 0 Å². The number of methoxy groups -OCH3 is 1. The summed E-state index contributed by atoms with van der Waals surface area (Å²) in [5.74, 6) is 0.584. The molecule has 0 N–H and O–H groups in total. The molecule has 0 saturated heterocycles. The molecular formula is C21H17NO5. The molecule has 0 aliphatic carbocycles. The third kappa shape index (κ3) is 2.66. The van der Waals surface area contributed by atoms with Crippen LogP contribution < -0.4 is 4.74 Å². The molecule has 3 heterocycles. The second-order valence-corrected chi connectivity index (χ2v) is 5.94. The van der Waals surface area contributed by atoms with Crippen molar-refractivity contribution in [2.24, 2.45) is 0 Å². The fourth-order valence-corrected chi connectivity index (χ4v) is 3.27. The second-order valence-electron chi connectivity index (χ2n) is 5.94. The van der Waals surface area contributed by atoms with Crippen LogP contribution in [0.5, 0.6) is 5.75 Å². The second kappa shape index (κ2) is 6.64. The summed E-state index contributed by atoms with van der Waals surface area (Å²) >= 11 is 0. The molecule has 6 heteroatoms. The van der Waals surface area contributed by atoms with Gasteiger partial charge in [0.25, 0.3) is 0 Å². The van der Waals surface area contributed by atoms with Gasteiger partial charge in [-0.1, -0.05) is 6.07 Å². The first-order valence-electron chi connectivity index (χ1n) is 8.51. The number of hydrogen-bond acceptors (Lipinski definition) is 5. The van der Waals surface area contributed by atoms with E-state index in [1.807, 2.05) is 12.1 Å². The zero-order valence-electron chi connectivity index (χ0n) is 14.9. The monoisotopic (exact) mass is 363 g/mol. The Bertz CT molecular complexity index is 1170. The van der Waals surface area contributed by atoms with Crippen LogP contribution in [0.4, 0.5) is 0 Å². The average Bonchev–Trinajstić information content (AvgIpc) is 3.25. The maximum absolute atomic E-state index is 12.7. The van der Waals surface area contributed by atoms with Gasteiger partial charge in [0.15, 0.2) is 6.29 Å². The summed E-state index contributed by atoms with van der Waals surface area (Å²) in [6.07, 6.45) is 2.45. The summed E-state index contributed by atoms with van der Waals surface area (Å²) in [6.45, 7) is 1.97. The first-order valence-corrected chi connectivity index (χ1v) is 8.51. The zero-order valence-corrected chi connectivity index (χ0v) is 14.9. The van der Waals surface area contributed by atoms with Crippen LogP contribution in [0.3, 0.4) is 0 Å². The summed E-state index contributed by atoms with van der Waals surface area (Å²) in [7, 11) is 1.58. The summed E-state index contributed by atoms with van der Waals surface area (Å²) in [5, 5.41) is 0.840. The van der Waals surface area contributed by atoms with Gasteiger partial charge in [-0.2, -0.15) is 0 Å². The van der Waals surface area contributed by atoms with E-state index < -0.39 is 5.97 Å². The van der Waals surface area contributed by atoms with Gasteiger partial charge < -0.3 is 18.3 Å². The van der Waals surface area contributed by atoms with Crippen LogP contribution in [-0.4, -0.2) is 30.4 Å². The van der Waals surface area contributed by atoms with Gasteiger partial charge in [0.05, 0.1) is 36.1 Å². The maximum Gasteiger partial charge on any atom is 0.341 e. The Morgan fingerprint density at radius 2 is 2.07 bits per heavy atom. The summed E-state index contributed by atoms with van der Waals surface area (Å²) in [6, 6.07) is 12.6. The minimum absolute atomic E-state index is 0.232. The number of aldehydes is 1. The van der Waals surface area contributed by atoms with E-state index in [1.54, 1.807) is 55.0 Å². The fourth-order valence-electron chi connectivity index (χ4n) is 3.27. The highest BCUT2D eigenvalue weighted by Gasteiger charge is 2.27. The normalized spacial score (nSPS) is 11.0. The highest BCUT2D eigenvalue weighted by atomic mass is 16.5. The van der Waals surface area contributed by atoms with Crippen LogP contribution in [0.25, 0.3) is 27.8 Å². The molecule has 0 saturated carbocycles. The van der Waals surface area contributed by atoms with Crippen LogP contribution in [-0.2, 0) is 4.74 Å². The van der Waals surface area contributed by atoms with E-state index in [2.05, 4.69) is 0 Å². The van der Waals surface area contributed by atoms with E-state index in [0.29, 0.717) is 39.4 Å². The molecule has 27 heavy (non-hydrogen) atoms. The van der Waals surface area contributed by atoms with Crippen molar-refractivity contribution in [3.63, 3.8) is 0 Å². The molecule has 0 atom stereocenters. The maximum atomic E-state index is 12.7. The van der Waals surface area contributed by atoms with E-state index in [1.165, 1.54) is 0 Å². The van der Waals surface area contributed by atoms with Gasteiger partial charge in [0.2, 0.25) is 0 Å². The van der Waals surface area contributed by atoms with Gasteiger partial charge in [0.1, 0.15) is 17.1 Å². The molecule has 0 radical (unpaired) electrons. The number of rotatable bonds is 5. The first-order chi connectivity index (χ1) is 13.2. The number of ether oxygens (including phenoxy) is 2. The van der Waals surface area contributed by atoms with Crippen LogP contribution in [0.1, 0.15) is 27.8 Å². The lowest BCUT2D eigenvalue weighted by Gasteiger charge is -2.03. The van der Waals surface area contributed by atoms with Gasteiger partial charge in [-0.05, 0) is 37.3 Å². The number of fused-ring (bicyclic) bond motifs is 2. The van der Waals surface area contributed by atoms with Crippen LogP contribution >= 0.6 is 0 Å². The van der Waals surface area contributed by atoms with Gasteiger partial charge >= 0.3 is 5.97 Å². The lowest BCUT2D eigenvalue weighted by Crippen LogP contribution is -2.05. The molecule has 0 aliphatic rings. The van der Waals surface area contributed by atoms with Crippen LogP contribution in [0, 0.1) is 0 Å². The molecule has 0 fully saturated rings. The van der Waals surface area contributed by atoms with Crippen molar-refractivity contribution >= 4 is 28.7 Å². The molecule has 6 nitrogen and oxygen atoms in total. The Balaban J connectivity index is 2.04. The minimum Gasteiger partial charge on any atom is -0.497 e. The van der Waals surface area contributed by atoms with Crippen molar-refractivity contribution in [1.29, 1.82) is 0 Å². The minimum atomic E-state index is -0.498. The fraction of sp³-hybridized carbons (Fsp3) is 0.143. The van der Waals surface area contributed by atoms with E-state index >= 15 is 0 Å².